The molecule has 1 aliphatic heterocycles. The maximum Gasteiger partial charge on any atom is 0.416 e. The average Bonchev–Trinajstić information content (AvgIpc) is 2.92. The van der Waals surface area contributed by atoms with Gasteiger partial charge in [0.2, 0.25) is 5.75 Å². The molecule has 15 heteroatoms. The van der Waals surface area contributed by atoms with Gasteiger partial charge in [0, 0.05) is 6.07 Å². The van der Waals surface area contributed by atoms with Crippen LogP contribution in [0, 0.1) is 13.7 Å². The van der Waals surface area contributed by atoms with E-state index in [4.69, 9.17) is 14.2 Å². The van der Waals surface area contributed by atoms with Crippen molar-refractivity contribution >= 4 is 57.9 Å². The Morgan fingerprint density at radius 3 is 2.33 bits per heavy atom. The quantitative estimate of drug-likeness (QED) is 0.0983. The Kier molecular flexibility index (Phi) is 8.70. The van der Waals surface area contributed by atoms with Crippen LogP contribution in [0.2, 0.25) is 0 Å². The summed E-state index contributed by atoms with van der Waals surface area (Å²) >= 11 is 1.81. The van der Waals surface area contributed by atoms with E-state index in [2.05, 4.69) is 5.32 Å². The second-order valence-corrected chi connectivity index (χ2v) is 9.62. The van der Waals surface area contributed by atoms with Crippen LogP contribution < -0.4 is 24.4 Å². The minimum absolute atomic E-state index is 0.0252. The van der Waals surface area contributed by atoms with Crippen LogP contribution in [0.3, 0.4) is 0 Å². The number of methoxy groups -OCH3 is 1. The van der Waals surface area contributed by atoms with E-state index in [9.17, 15) is 37.7 Å². The Morgan fingerprint density at radius 1 is 1.05 bits per heavy atom. The molecule has 11 nitrogen and oxygen atoms in total. The number of carbonyl (C=O) groups is 3. The number of nitro groups is 1. The largest absolute Gasteiger partial charge is 0.497 e. The van der Waals surface area contributed by atoms with Crippen LogP contribution in [-0.2, 0) is 15.8 Å². The molecule has 1 heterocycles. The third kappa shape index (κ3) is 6.29. The van der Waals surface area contributed by atoms with Gasteiger partial charge in [0.15, 0.2) is 11.5 Å². The van der Waals surface area contributed by atoms with Crippen LogP contribution in [0.5, 0.6) is 23.0 Å². The van der Waals surface area contributed by atoms with Gasteiger partial charge in [0.25, 0.3) is 11.8 Å². The highest BCUT2D eigenvalue weighted by Gasteiger charge is 2.37. The molecule has 4 rings (SSSR count). The van der Waals surface area contributed by atoms with Crippen molar-refractivity contribution in [2.45, 2.75) is 13.1 Å². The summed E-state index contributed by atoms with van der Waals surface area (Å²) in [7, 11) is 1.45. The number of barbiturate groups is 1. The molecule has 1 N–H and O–H groups in total. The van der Waals surface area contributed by atoms with E-state index >= 15 is 0 Å². The van der Waals surface area contributed by atoms with Gasteiger partial charge in [-0.1, -0.05) is 0 Å². The lowest BCUT2D eigenvalue weighted by Crippen LogP contribution is -2.54. The Bertz CT molecular complexity index is 1620. The van der Waals surface area contributed by atoms with Gasteiger partial charge in [0.1, 0.15) is 11.3 Å². The number of imide groups is 2. The summed E-state index contributed by atoms with van der Waals surface area (Å²) < 4.78 is 56.0. The van der Waals surface area contributed by atoms with Crippen LogP contribution in [0.1, 0.15) is 18.1 Å². The number of nitrogens with one attached hydrogen (secondary N) is 1. The van der Waals surface area contributed by atoms with Crippen molar-refractivity contribution < 1.29 is 46.7 Å². The predicted molar refractivity (Wildman–Crippen MR) is 150 cm³/mol. The van der Waals surface area contributed by atoms with Gasteiger partial charge in [-0.3, -0.25) is 25.0 Å². The molecule has 0 radical (unpaired) electrons. The van der Waals surface area contributed by atoms with Crippen molar-refractivity contribution in [3.8, 4) is 23.0 Å². The summed E-state index contributed by atoms with van der Waals surface area (Å²) in [4.78, 5) is 49.7. The molecule has 1 fully saturated rings. The Balaban J connectivity index is 1.73. The topological polar surface area (TPSA) is 137 Å². The van der Waals surface area contributed by atoms with E-state index in [1.165, 1.54) is 49.6 Å². The summed E-state index contributed by atoms with van der Waals surface area (Å²) in [6, 6.07) is 9.73. The number of rotatable bonds is 8. The Hall–Kier alpha value is -4.67. The number of halogens is 4. The summed E-state index contributed by atoms with van der Waals surface area (Å²) in [5, 5.41) is 13.6. The van der Waals surface area contributed by atoms with Crippen molar-refractivity contribution in [2.75, 3.05) is 18.6 Å². The second kappa shape index (κ2) is 12.1. The molecule has 0 aromatic heterocycles. The van der Waals surface area contributed by atoms with Crippen molar-refractivity contribution in [1.82, 2.24) is 5.32 Å². The number of anilines is 1. The number of hydrogen-bond donors (Lipinski definition) is 1. The van der Waals surface area contributed by atoms with E-state index in [-0.39, 0.29) is 38.5 Å². The standard InChI is InChI=1S/C27H19F3IN3O8/c1-3-41-22-12-14(10-18-24(35)32-26(37)33(25(18)36)16-5-7-17(40-2)8-6-16)11-19(31)23(22)42-21-9-4-15(27(28,29)30)13-20(21)34(38)39/h4-13H,3H2,1-2H3,(H,32,35,37)/b18-10+. The SMILES string of the molecule is CCOc1cc(/C=C2\C(=O)NC(=O)N(c3ccc(OC)cc3)C2=O)cc(I)c1Oc1ccc(C(F)(F)F)cc1[N+](=O)[O-]. The average molecular weight is 697 g/mol. The molecule has 218 valence electrons. The number of amides is 4. The molecule has 0 spiro atoms. The molecule has 3 aromatic carbocycles. The van der Waals surface area contributed by atoms with E-state index in [0.717, 1.165) is 11.0 Å². The van der Waals surface area contributed by atoms with Crippen molar-refractivity contribution in [2.24, 2.45) is 0 Å². The van der Waals surface area contributed by atoms with Gasteiger partial charge in [-0.05, 0) is 89.7 Å². The highest BCUT2D eigenvalue weighted by atomic mass is 127. The fourth-order valence-corrected chi connectivity index (χ4v) is 4.59. The van der Waals surface area contributed by atoms with Crippen LogP contribution >= 0.6 is 22.6 Å². The third-order valence-electron chi connectivity index (χ3n) is 5.77. The van der Waals surface area contributed by atoms with E-state index < -0.39 is 45.9 Å². The first-order valence-electron chi connectivity index (χ1n) is 11.9. The van der Waals surface area contributed by atoms with Crippen LogP contribution in [0.25, 0.3) is 6.08 Å². The summed E-state index contributed by atoms with van der Waals surface area (Å²) in [6.07, 6.45) is -3.59. The van der Waals surface area contributed by atoms with Gasteiger partial charge >= 0.3 is 17.9 Å². The molecule has 0 atom stereocenters. The minimum Gasteiger partial charge on any atom is -0.497 e. The molecular weight excluding hydrogens is 678 g/mol. The maximum absolute atomic E-state index is 13.3. The normalized spacial score (nSPS) is 14.6. The van der Waals surface area contributed by atoms with E-state index in [1.54, 1.807) is 6.92 Å². The van der Waals surface area contributed by atoms with Gasteiger partial charge in [-0.2, -0.15) is 13.2 Å². The van der Waals surface area contributed by atoms with Gasteiger partial charge < -0.3 is 14.2 Å². The zero-order valence-corrected chi connectivity index (χ0v) is 23.8. The predicted octanol–water partition coefficient (Wildman–Crippen LogP) is 6.08. The number of nitrogens with zero attached hydrogens (tertiary/aromatic N) is 2. The lowest BCUT2D eigenvalue weighted by atomic mass is 10.1. The van der Waals surface area contributed by atoms with Crippen LogP contribution in [0.15, 0.2) is 60.2 Å². The maximum atomic E-state index is 13.3. The highest BCUT2D eigenvalue weighted by molar-refractivity contribution is 14.1. The zero-order chi connectivity index (χ0) is 30.8. The smallest absolute Gasteiger partial charge is 0.416 e. The van der Waals surface area contributed by atoms with Crippen LogP contribution in [-0.4, -0.2) is 36.5 Å². The Labute approximate surface area is 249 Å². The van der Waals surface area contributed by atoms with Crippen molar-refractivity contribution in [3.63, 3.8) is 0 Å². The number of nitro benzene ring substituents is 1. The molecular formula is C27H19F3IN3O8. The number of alkyl halides is 3. The zero-order valence-electron chi connectivity index (χ0n) is 21.7. The van der Waals surface area contributed by atoms with Gasteiger partial charge in [0.05, 0.1) is 33.5 Å². The number of urea groups is 1. The second-order valence-electron chi connectivity index (χ2n) is 8.46. The molecule has 1 saturated heterocycles. The molecule has 42 heavy (non-hydrogen) atoms. The van der Waals surface area contributed by atoms with Crippen LogP contribution in [0.4, 0.5) is 29.3 Å². The third-order valence-corrected chi connectivity index (χ3v) is 6.57. The van der Waals surface area contributed by atoms with Crippen molar-refractivity contribution in [1.29, 1.82) is 0 Å². The van der Waals surface area contributed by atoms with Crippen molar-refractivity contribution in [3.05, 3.63) is 85.0 Å². The van der Waals surface area contributed by atoms with Gasteiger partial charge in [-0.15, -0.1) is 0 Å². The highest BCUT2D eigenvalue weighted by Crippen LogP contribution is 2.43. The number of ether oxygens (including phenoxy) is 3. The van der Waals surface area contributed by atoms with Gasteiger partial charge in [-0.25, -0.2) is 9.69 Å². The molecule has 1 aliphatic rings. The fourth-order valence-electron chi connectivity index (χ4n) is 3.86. The molecule has 0 saturated carbocycles. The Morgan fingerprint density at radius 2 is 1.74 bits per heavy atom. The summed E-state index contributed by atoms with van der Waals surface area (Å²) in [5.41, 5.74) is -2.07. The molecule has 0 bridgehead atoms. The van der Waals surface area contributed by atoms with E-state index in [0.29, 0.717) is 17.9 Å². The minimum atomic E-state index is -4.81. The monoisotopic (exact) mass is 697 g/mol. The summed E-state index contributed by atoms with van der Waals surface area (Å²) in [6.45, 7) is 1.74. The fraction of sp³-hybridized carbons (Fsp3) is 0.148. The van der Waals surface area contributed by atoms with E-state index in [1.807, 2.05) is 22.6 Å². The summed E-state index contributed by atoms with van der Waals surface area (Å²) in [5.74, 6) is -1.84. The lowest BCUT2D eigenvalue weighted by Gasteiger charge is -2.26. The molecule has 3 aromatic rings. The number of hydrogen-bond acceptors (Lipinski definition) is 8. The lowest BCUT2D eigenvalue weighted by molar-refractivity contribution is -0.385. The first-order chi connectivity index (χ1) is 19.8. The molecule has 4 amide bonds. The number of benzene rings is 3. The number of carbonyl (C=O) groups excluding carboxylic acids is 3. The first-order valence-corrected chi connectivity index (χ1v) is 13.0. The molecule has 0 unspecified atom stereocenters. The molecule has 0 aliphatic carbocycles. The first kappa shape index (κ1) is 30.3.